The monoisotopic (exact) mass is 274 g/mol. The Morgan fingerprint density at radius 1 is 1.25 bits per heavy atom. The minimum atomic E-state index is 0.0490. The van der Waals surface area contributed by atoms with E-state index >= 15 is 0 Å². The zero-order valence-electron chi connectivity index (χ0n) is 12.6. The van der Waals surface area contributed by atoms with Crippen LogP contribution < -0.4 is 10.6 Å². The van der Waals surface area contributed by atoms with Crippen LogP contribution in [-0.4, -0.2) is 18.5 Å². The minimum Gasteiger partial charge on any atom is -0.325 e. The normalized spacial score (nSPS) is 23.1. The number of anilines is 1. The van der Waals surface area contributed by atoms with Gasteiger partial charge in [0.25, 0.3) is 0 Å². The van der Waals surface area contributed by atoms with Crippen molar-refractivity contribution in [3.05, 3.63) is 29.8 Å². The topological polar surface area (TPSA) is 41.1 Å². The molecule has 0 aromatic heterocycles. The Bertz CT molecular complexity index is 444. The van der Waals surface area contributed by atoms with Crippen LogP contribution in [0.4, 0.5) is 5.69 Å². The van der Waals surface area contributed by atoms with Crippen molar-refractivity contribution in [3.63, 3.8) is 0 Å². The lowest BCUT2D eigenvalue weighted by Gasteiger charge is -2.16. The van der Waals surface area contributed by atoms with E-state index in [1.165, 1.54) is 32.1 Å². The maximum Gasteiger partial charge on any atom is 0.238 e. The Morgan fingerprint density at radius 3 is 2.90 bits per heavy atom. The Hall–Kier alpha value is -1.35. The molecule has 1 aromatic rings. The first-order valence-electron chi connectivity index (χ1n) is 7.73. The quantitative estimate of drug-likeness (QED) is 0.825. The molecule has 2 N–H and O–H groups in total. The van der Waals surface area contributed by atoms with E-state index in [9.17, 15) is 4.79 Å². The molecule has 3 nitrogen and oxygen atoms in total. The Kier molecular flexibility index (Phi) is 5.60. The molecule has 1 amide bonds. The molecule has 1 aromatic carbocycles. The number of aryl methyl sites for hydroxylation is 1. The lowest BCUT2D eigenvalue weighted by molar-refractivity contribution is -0.115. The standard InChI is InChI=1S/C17H26N2O/c1-13-5-3-7-15(10-9-13)18-12-17(20)19-16-8-4-6-14(2)11-16/h4,6,8,11,13,15,18H,3,5,7,9-10,12H2,1-2H3,(H,19,20). The van der Waals surface area contributed by atoms with Crippen LogP contribution in [0, 0.1) is 12.8 Å². The van der Waals surface area contributed by atoms with E-state index < -0.39 is 0 Å². The summed E-state index contributed by atoms with van der Waals surface area (Å²) in [7, 11) is 0. The highest BCUT2D eigenvalue weighted by Crippen LogP contribution is 2.22. The molecule has 2 unspecified atom stereocenters. The summed E-state index contributed by atoms with van der Waals surface area (Å²) in [5, 5.41) is 6.35. The molecule has 110 valence electrons. The third-order valence-corrected chi connectivity index (χ3v) is 4.11. The molecule has 0 saturated heterocycles. The smallest absolute Gasteiger partial charge is 0.238 e. The summed E-state index contributed by atoms with van der Waals surface area (Å²) >= 11 is 0. The van der Waals surface area contributed by atoms with Crippen LogP contribution in [0.5, 0.6) is 0 Å². The summed E-state index contributed by atoms with van der Waals surface area (Å²) in [6, 6.07) is 8.41. The molecule has 20 heavy (non-hydrogen) atoms. The first kappa shape index (κ1) is 15.0. The fourth-order valence-corrected chi connectivity index (χ4v) is 2.86. The molecule has 1 aliphatic rings. The van der Waals surface area contributed by atoms with Crippen molar-refractivity contribution in [2.24, 2.45) is 5.92 Å². The molecule has 0 heterocycles. The van der Waals surface area contributed by atoms with Gasteiger partial charge in [-0.15, -0.1) is 0 Å². The minimum absolute atomic E-state index is 0.0490. The van der Waals surface area contributed by atoms with Gasteiger partial charge < -0.3 is 10.6 Å². The zero-order chi connectivity index (χ0) is 14.4. The Balaban J connectivity index is 1.74. The molecule has 0 aliphatic heterocycles. The van der Waals surface area contributed by atoms with E-state index in [0.717, 1.165) is 17.2 Å². The summed E-state index contributed by atoms with van der Waals surface area (Å²) in [6.45, 7) is 4.76. The van der Waals surface area contributed by atoms with Gasteiger partial charge in [-0.05, 0) is 49.8 Å². The predicted octanol–water partition coefficient (Wildman–Crippen LogP) is 3.49. The molecule has 0 radical (unpaired) electrons. The largest absolute Gasteiger partial charge is 0.325 e. The fraction of sp³-hybridized carbons (Fsp3) is 0.588. The lowest BCUT2D eigenvalue weighted by Crippen LogP contribution is -2.35. The first-order chi connectivity index (χ1) is 9.63. The van der Waals surface area contributed by atoms with E-state index in [2.05, 4.69) is 17.6 Å². The zero-order valence-corrected chi connectivity index (χ0v) is 12.6. The molecule has 0 bridgehead atoms. The van der Waals surface area contributed by atoms with Gasteiger partial charge in [0.1, 0.15) is 0 Å². The van der Waals surface area contributed by atoms with E-state index in [0.29, 0.717) is 12.6 Å². The van der Waals surface area contributed by atoms with Crippen LogP contribution in [-0.2, 0) is 4.79 Å². The average Bonchev–Trinajstić information content (AvgIpc) is 2.61. The molecule has 2 rings (SSSR count). The highest BCUT2D eigenvalue weighted by Gasteiger charge is 2.16. The number of nitrogens with one attached hydrogen (secondary N) is 2. The van der Waals surface area contributed by atoms with Crippen LogP contribution in [0.1, 0.15) is 44.6 Å². The van der Waals surface area contributed by atoms with Crippen molar-refractivity contribution >= 4 is 11.6 Å². The van der Waals surface area contributed by atoms with E-state index in [4.69, 9.17) is 0 Å². The third-order valence-electron chi connectivity index (χ3n) is 4.11. The predicted molar refractivity (Wildman–Crippen MR) is 83.8 cm³/mol. The van der Waals surface area contributed by atoms with Crippen molar-refractivity contribution in [1.82, 2.24) is 5.32 Å². The second-order valence-electron chi connectivity index (χ2n) is 6.11. The second kappa shape index (κ2) is 7.44. The van der Waals surface area contributed by atoms with Gasteiger partial charge in [0, 0.05) is 11.7 Å². The number of amides is 1. The highest BCUT2D eigenvalue weighted by molar-refractivity contribution is 5.92. The van der Waals surface area contributed by atoms with Gasteiger partial charge in [0.15, 0.2) is 0 Å². The molecular formula is C17H26N2O. The number of carbonyl (C=O) groups excluding carboxylic acids is 1. The third kappa shape index (κ3) is 4.97. The average molecular weight is 274 g/mol. The Labute approximate surface area is 122 Å². The highest BCUT2D eigenvalue weighted by atomic mass is 16.1. The van der Waals surface area contributed by atoms with Gasteiger partial charge in [0.2, 0.25) is 5.91 Å². The van der Waals surface area contributed by atoms with Gasteiger partial charge in [-0.25, -0.2) is 0 Å². The molecular weight excluding hydrogens is 248 g/mol. The number of rotatable bonds is 4. The summed E-state index contributed by atoms with van der Waals surface area (Å²) in [5.74, 6) is 0.885. The fourth-order valence-electron chi connectivity index (χ4n) is 2.86. The van der Waals surface area contributed by atoms with Gasteiger partial charge >= 0.3 is 0 Å². The van der Waals surface area contributed by atoms with Gasteiger partial charge in [-0.1, -0.05) is 31.9 Å². The van der Waals surface area contributed by atoms with Crippen LogP contribution in [0.25, 0.3) is 0 Å². The van der Waals surface area contributed by atoms with Crippen molar-refractivity contribution in [2.75, 3.05) is 11.9 Å². The van der Waals surface area contributed by atoms with E-state index in [-0.39, 0.29) is 5.91 Å². The molecule has 1 fully saturated rings. The maximum absolute atomic E-state index is 11.9. The van der Waals surface area contributed by atoms with Crippen LogP contribution in [0.15, 0.2) is 24.3 Å². The van der Waals surface area contributed by atoms with Gasteiger partial charge in [-0.2, -0.15) is 0 Å². The first-order valence-corrected chi connectivity index (χ1v) is 7.73. The molecule has 3 heteroatoms. The van der Waals surface area contributed by atoms with Crippen molar-refractivity contribution < 1.29 is 4.79 Å². The van der Waals surface area contributed by atoms with Gasteiger partial charge in [0.05, 0.1) is 6.54 Å². The maximum atomic E-state index is 11.9. The van der Waals surface area contributed by atoms with E-state index in [1.54, 1.807) is 0 Å². The van der Waals surface area contributed by atoms with Gasteiger partial charge in [-0.3, -0.25) is 4.79 Å². The van der Waals surface area contributed by atoms with Crippen LogP contribution in [0.3, 0.4) is 0 Å². The van der Waals surface area contributed by atoms with Crippen molar-refractivity contribution in [3.8, 4) is 0 Å². The number of carbonyl (C=O) groups is 1. The summed E-state index contributed by atoms with van der Waals surface area (Å²) in [5.41, 5.74) is 2.04. The molecule has 2 atom stereocenters. The summed E-state index contributed by atoms with van der Waals surface area (Å²) < 4.78 is 0. The number of hydrogen-bond donors (Lipinski definition) is 2. The summed E-state index contributed by atoms with van der Waals surface area (Å²) in [6.07, 6.45) is 6.27. The molecule has 1 saturated carbocycles. The van der Waals surface area contributed by atoms with Crippen molar-refractivity contribution in [1.29, 1.82) is 0 Å². The van der Waals surface area contributed by atoms with Crippen LogP contribution in [0.2, 0.25) is 0 Å². The molecule has 1 aliphatic carbocycles. The second-order valence-corrected chi connectivity index (χ2v) is 6.11. The Morgan fingerprint density at radius 2 is 2.10 bits per heavy atom. The lowest BCUT2D eigenvalue weighted by atomic mass is 10.0. The van der Waals surface area contributed by atoms with Crippen LogP contribution >= 0.6 is 0 Å². The number of benzene rings is 1. The number of hydrogen-bond acceptors (Lipinski definition) is 2. The van der Waals surface area contributed by atoms with Crippen molar-refractivity contribution in [2.45, 2.75) is 52.0 Å². The SMILES string of the molecule is Cc1cccc(NC(=O)CNC2CCCC(C)CC2)c1. The van der Waals surface area contributed by atoms with E-state index in [1.807, 2.05) is 31.2 Å². The summed E-state index contributed by atoms with van der Waals surface area (Å²) in [4.78, 5) is 11.9. The molecule has 0 spiro atoms.